The van der Waals surface area contributed by atoms with Crippen molar-refractivity contribution in [2.24, 2.45) is 0 Å². The number of imidazole rings is 1. The molecule has 0 spiro atoms. The van der Waals surface area contributed by atoms with Crippen LogP contribution in [0.3, 0.4) is 0 Å². The van der Waals surface area contributed by atoms with Crippen molar-refractivity contribution in [1.29, 1.82) is 0 Å². The number of nitrogens with one attached hydrogen (secondary N) is 2. The normalized spacial score (nSPS) is 12.4. The van der Waals surface area contributed by atoms with Crippen LogP contribution in [0.15, 0.2) is 59.9 Å². The Morgan fingerprint density at radius 3 is 2.69 bits per heavy atom. The molecule has 0 aliphatic heterocycles. The van der Waals surface area contributed by atoms with Gasteiger partial charge in [-0.15, -0.1) is 0 Å². The van der Waals surface area contributed by atoms with Gasteiger partial charge in [0.25, 0.3) is 5.56 Å². The van der Waals surface area contributed by atoms with Crippen LogP contribution < -0.4 is 10.9 Å². The summed E-state index contributed by atoms with van der Waals surface area (Å²) in [5.41, 5.74) is 0.353. The summed E-state index contributed by atoms with van der Waals surface area (Å²) in [7, 11) is 0. The Morgan fingerprint density at radius 2 is 1.88 bits per heavy atom. The van der Waals surface area contributed by atoms with Crippen LogP contribution in [0.5, 0.6) is 0 Å². The van der Waals surface area contributed by atoms with Crippen molar-refractivity contribution in [1.82, 2.24) is 24.5 Å². The molecule has 0 aliphatic carbocycles. The third kappa shape index (κ3) is 3.16. The number of anilines is 1. The molecule has 10 heteroatoms. The van der Waals surface area contributed by atoms with E-state index in [4.69, 9.17) is 0 Å². The lowest BCUT2D eigenvalue weighted by atomic mass is 10.1. The second kappa shape index (κ2) is 7.49. The van der Waals surface area contributed by atoms with E-state index in [-0.39, 0.29) is 11.1 Å². The van der Waals surface area contributed by atoms with Crippen LogP contribution in [-0.2, 0) is 0 Å². The highest BCUT2D eigenvalue weighted by Gasteiger charge is 2.21. The second-order valence-electron chi connectivity index (χ2n) is 7.20. The van der Waals surface area contributed by atoms with Gasteiger partial charge in [-0.3, -0.25) is 9.36 Å². The maximum Gasteiger partial charge on any atom is 0.266 e. The number of halogens is 3. The lowest BCUT2D eigenvalue weighted by Crippen LogP contribution is -2.27. The lowest BCUT2D eigenvalue weighted by molar-refractivity contribution is 0.573. The van der Waals surface area contributed by atoms with Crippen LogP contribution in [0.4, 0.5) is 19.0 Å². The second-order valence-corrected chi connectivity index (χ2v) is 7.20. The Kier molecular flexibility index (Phi) is 4.62. The first-order chi connectivity index (χ1) is 15.4. The lowest BCUT2D eigenvalue weighted by Gasteiger charge is -2.21. The number of H-pyrrole nitrogens is 1. The summed E-state index contributed by atoms with van der Waals surface area (Å²) in [5.74, 6) is -2.08. The molecule has 3 heterocycles. The van der Waals surface area contributed by atoms with Gasteiger partial charge in [0.2, 0.25) is 0 Å². The maximum absolute atomic E-state index is 14.7. The van der Waals surface area contributed by atoms with E-state index >= 15 is 0 Å². The molecule has 0 saturated heterocycles. The topological polar surface area (TPSA) is 88.5 Å². The highest BCUT2D eigenvalue weighted by atomic mass is 19.1. The van der Waals surface area contributed by atoms with Crippen molar-refractivity contribution in [3.8, 4) is 5.69 Å². The number of fused-ring (bicyclic) bond motifs is 2. The van der Waals surface area contributed by atoms with Gasteiger partial charge >= 0.3 is 0 Å². The molecule has 2 N–H and O–H groups in total. The van der Waals surface area contributed by atoms with Crippen LogP contribution in [0, 0.1) is 17.5 Å². The van der Waals surface area contributed by atoms with Gasteiger partial charge in [0.1, 0.15) is 29.3 Å². The number of pyridine rings is 1. The Balaban J connectivity index is 1.74. The number of rotatable bonds is 4. The van der Waals surface area contributed by atoms with E-state index in [1.807, 2.05) is 0 Å². The molecule has 160 valence electrons. The summed E-state index contributed by atoms with van der Waals surface area (Å²) < 4.78 is 43.8. The standard InChI is InChI=1S/C22H15F3N6O/c1-11(30-21-19-20(27-9-26-19)28-10-29-21)17-7-12-3-2-4-14(24)18(12)22(32)31(17)16-6-5-13(23)8-15(16)25/h2-11H,1H3,(H2,26,27,28,29,30)/t11-/m1/s1. The monoisotopic (exact) mass is 436 g/mol. The summed E-state index contributed by atoms with van der Waals surface area (Å²) in [6, 6.07) is 8.08. The van der Waals surface area contributed by atoms with E-state index in [1.165, 1.54) is 18.7 Å². The third-order valence-corrected chi connectivity index (χ3v) is 5.19. The molecule has 0 aliphatic rings. The first-order valence-corrected chi connectivity index (χ1v) is 9.64. The minimum Gasteiger partial charge on any atom is -0.360 e. The fourth-order valence-corrected chi connectivity index (χ4v) is 3.72. The van der Waals surface area contributed by atoms with Gasteiger partial charge in [0, 0.05) is 11.8 Å². The van der Waals surface area contributed by atoms with Gasteiger partial charge in [-0.05, 0) is 36.6 Å². The van der Waals surface area contributed by atoms with E-state index in [2.05, 4.69) is 25.3 Å². The van der Waals surface area contributed by atoms with Crippen LogP contribution >= 0.6 is 0 Å². The smallest absolute Gasteiger partial charge is 0.266 e. The molecular weight excluding hydrogens is 421 g/mol. The number of benzene rings is 2. The van der Waals surface area contributed by atoms with Crippen molar-refractivity contribution in [2.45, 2.75) is 13.0 Å². The zero-order chi connectivity index (χ0) is 22.4. The molecule has 5 rings (SSSR count). The fraction of sp³-hybridized carbons (Fsp3) is 0.0909. The minimum atomic E-state index is -0.951. The Hall–Kier alpha value is -4.21. The zero-order valence-corrected chi connectivity index (χ0v) is 16.6. The molecule has 0 unspecified atom stereocenters. The van der Waals surface area contributed by atoms with Gasteiger partial charge in [-0.25, -0.2) is 28.1 Å². The molecule has 32 heavy (non-hydrogen) atoms. The predicted molar refractivity (Wildman–Crippen MR) is 113 cm³/mol. The van der Waals surface area contributed by atoms with Gasteiger partial charge in [0.15, 0.2) is 11.5 Å². The molecule has 7 nitrogen and oxygen atoms in total. The first-order valence-electron chi connectivity index (χ1n) is 9.64. The summed E-state index contributed by atoms with van der Waals surface area (Å²) in [4.78, 5) is 28.7. The van der Waals surface area contributed by atoms with Crippen molar-refractivity contribution < 1.29 is 13.2 Å². The van der Waals surface area contributed by atoms with Gasteiger partial charge in [0.05, 0.1) is 23.4 Å². The van der Waals surface area contributed by atoms with Crippen molar-refractivity contribution in [3.63, 3.8) is 0 Å². The maximum atomic E-state index is 14.7. The molecule has 5 aromatic rings. The molecule has 3 aromatic heterocycles. The molecule has 0 amide bonds. The molecule has 0 fully saturated rings. The summed E-state index contributed by atoms with van der Waals surface area (Å²) >= 11 is 0. The summed E-state index contributed by atoms with van der Waals surface area (Å²) in [6.45, 7) is 1.73. The number of hydrogen-bond acceptors (Lipinski definition) is 5. The average molecular weight is 436 g/mol. The van der Waals surface area contributed by atoms with Gasteiger partial charge in [-0.2, -0.15) is 0 Å². The number of aromatic amines is 1. The van der Waals surface area contributed by atoms with Gasteiger partial charge < -0.3 is 10.3 Å². The van der Waals surface area contributed by atoms with E-state index in [9.17, 15) is 18.0 Å². The quantitative estimate of drug-likeness (QED) is 0.440. The van der Waals surface area contributed by atoms with E-state index in [1.54, 1.807) is 19.1 Å². The average Bonchev–Trinajstić information content (AvgIpc) is 3.24. The molecule has 2 aromatic carbocycles. The van der Waals surface area contributed by atoms with Crippen molar-refractivity contribution >= 4 is 27.8 Å². The van der Waals surface area contributed by atoms with Crippen LogP contribution in [0.25, 0.3) is 27.6 Å². The number of nitrogens with zero attached hydrogens (tertiary/aromatic N) is 4. The Morgan fingerprint density at radius 1 is 1.03 bits per heavy atom. The molecule has 0 bridgehead atoms. The van der Waals surface area contributed by atoms with Crippen molar-refractivity contribution in [2.75, 3.05) is 5.32 Å². The zero-order valence-electron chi connectivity index (χ0n) is 16.6. The first kappa shape index (κ1) is 19.7. The third-order valence-electron chi connectivity index (χ3n) is 5.19. The minimum absolute atomic E-state index is 0.191. The van der Waals surface area contributed by atoms with E-state index in [0.717, 1.165) is 22.8 Å². The predicted octanol–water partition coefficient (Wildman–Crippen LogP) is 4.25. The van der Waals surface area contributed by atoms with Gasteiger partial charge in [-0.1, -0.05) is 12.1 Å². The van der Waals surface area contributed by atoms with Crippen molar-refractivity contribution in [3.05, 3.63) is 88.6 Å². The Bertz CT molecular complexity index is 1540. The summed E-state index contributed by atoms with van der Waals surface area (Å²) in [6.07, 6.45) is 2.82. The van der Waals surface area contributed by atoms with E-state index < -0.39 is 29.1 Å². The largest absolute Gasteiger partial charge is 0.360 e. The van der Waals surface area contributed by atoms with Crippen LogP contribution in [0.2, 0.25) is 0 Å². The summed E-state index contributed by atoms with van der Waals surface area (Å²) in [5, 5.41) is 3.31. The number of hydrogen-bond donors (Lipinski definition) is 2. The van der Waals surface area contributed by atoms with E-state index in [0.29, 0.717) is 34.1 Å². The molecule has 0 saturated carbocycles. The highest BCUT2D eigenvalue weighted by molar-refractivity contribution is 5.84. The Labute approximate surface area is 178 Å². The van der Waals surface area contributed by atoms with Crippen LogP contribution in [-0.4, -0.2) is 24.5 Å². The fourth-order valence-electron chi connectivity index (χ4n) is 3.72. The molecular formula is C22H15F3N6O. The van der Waals surface area contributed by atoms with Crippen LogP contribution in [0.1, 0.15) is 18.7 Å². The number of aromatic nitrogens is 5. The highest BCUT2D eigenvalue weighted by Crippen LogP contribution is 2.27. The molecule has 1 atom stereocenters. The molecule has 0 radical (unpaired) electrons. The SMILES string of the molecule is C[C@@H](Nc1ncnc2[nH]cnc12)c1cc2cccc(F)c2c(=O)n1-c1ccc(F)cc1F.